The number of carbonyl (C=O) groups excluding carboxylic acids is 1. The number of amides is 1. The van der Waals surface area contributed by atoms with Gasteiger partial charge in [0.25, 0.3) is 0 Å². The minimum Gasteiger partial charge on any atom is -0.366 e. The number of rotatable bonds is 5. The van der Waals surface area contributed by atoms with Crippen molar-refractivity contribution in [3.05, 3.63) is 59.9 Å². The van der Waals surface area contributed by atoms with Crippen LogP contribution in [0.5, 0.6) is 0 Å². The van der Waals surface area contributed by atoms with Gasteiger partial charge in [-0.15, -0.1) is 0 Å². The van der Waals surface area contributed by atoms with Gasteiger partial charge in [0.05, 0.1) is 5.69 Å². The molecular weight excluding hydrogens is 324 g/mol. The van der Waals surface area contributed by atoms with Crippen LogP contribution >= 0.6 is 0 Å². The number of pyridine rings is 1. The lowest BCUT2D eigenvalue weighted by molar-refractivity contribution is -0.131. The fourth-order valence-corrected chi connectivity index (χ4v) is 3.09. The first-order chi connectivity index (χ1) is 12.1. The summed E-state index contributed by atoms with van der Waals surface area (Å²) in [5.74, 6) is -1.00. The van der Waals surface area contributed by atoms with E-state index in [4.69, 9.17) is 0 Å². The second-order valence-corrected chi connectivity index (χ2v) is 6.17. The predicted molar refractivity (Wildman–Crippen MR) is 92.3 cm³/mol. The predicted octanol–water partition coefficient (Wildman–Crippen LogP) is 3.03. The lowest BCUT2D eigenvalue weighted by Gasteiger charge is -2.36. The van der Waals surface area contributed by atoms with Gasteiger partial charge in [0.2, 0.25) is 5.91 Å². The SMILES string of the molecule is O=C(CCCc1ccncc1)N1CCN(c2ccc(F)cc2F)CC1. The van der Waals surface area contributed by atoms with Crippen molar-refractivity contribution >= 4 is 11.6 Å². The van der Waals surface area contributed by atoms with Crippen molar-refractivity contribution < 1.29 is 13.6 Å². The van der Waals surface area contributed by atoms with Crippen molar-refractivity contribution in [1.82, 2.24) is 9.88 Å². The van der Waals surface area contributed by atoms with Crippen molar-refractivity contribution in [2.75, 3.05) is 31.1 Å². The fourth-order valence-electron chi connectivity index (χ4n) is 3.09. The van der Waals surface area contributed by atoms with E-state index in [0.717, 1.165) is 18.9 Å². The van der Waals surface area contributed by atoms with E-state index in [1.807, 2.05) is 21.9 Å². The highest BCUT2D eigenvalue weighted by molar-refractivity contribution is 5.76. The first-order valence-corrected chi connectivity index (χ1v) is 8.50. The molecule has 1 saturated heterocycles. The van der Waals surface area contributed by atoms with Crippen LogP contribution in [-0.2, 0) is 11.2 Å². The second kappa shape index (κ2) is 8.05. The van der Waals surface area contributed by atoms with Gasteiger partial charge >= 0.3 is 0 Å². The van der Waals surface area contributed by atoms with Crippen molar-refractivity contribution in [1.29, 1.82) is 0 Å². The molecule has 1 fully saturated rings. The number of benzene rings is 1. The number of carbonyl (C=O) groups is 1. The van der Waals surface area contributed by atoms with Crippen LogP contribution < -0.4 is 4.90 Å². The molecule has 1 aromatic carbocycles. The maximum Gasteiger partial charge on any atom is 0.222 e. The Hall–Kier alpha value is -2.50. The van der Waals surface area contributed by atoms with E-state index >= 15 is 0 Å². The van der Waals surface area contributed by atoms with Gasteiger partial charge in [-0.1, -0.05) is 0 Å². The third kappa shape index (κ3) is 4.53. The summed E-state index contributed by atoms with van der Waals surface area (Å²) < 4.78 is 26.9. The van der Waals surface area contributed by atoms with Crippen LogP contribution in [0.2, 0.25) is 0 Å². The molecule has 132 valence electrons. The maximum atomic E-state index is 13.9. The fraction of sp³-hybridized carbons (Fsp3) is 0.368. The molecule has 1 aromatic heterocycles. The molecule has 0 aliphatic carbocycles. The van der Waals surface area contributed by atoms with Gasteiger partial charge in [-0.2, -0.15) is 0 Å². The van der Waals surface area contributed by atoms with E-state index in [1.54, 1.807) is 12.4 Å². The molecule has 0 radical (unpaired) electrons. The molecule has 2 aromatic rings. The zero-order valence-corrected chi connectivity index (χ0v) is 14.0. The molecule has 1 amide bonds. The molecule has 0 spiro atoms. The van der Waals surface area contributed by atoms with Crippen molar-refractivity contribution in [3.8, 4) is 0 Å². The third-order valence-corrected chi connectivity index (χ3v) is 4.49. The van der Waals surface area contributed by atoms with Gasteiger partial charge < -0.3 is 9.80 Å². The molecule has 0 atom stereocenters. The Bertz CT molecular complexity index is 716. The monoisotopic (exact) mass is 345 g/mol. The zero-order valence-electron chi connectivity index (χ0n) is 14.0. The summed E-state index contributed by atoms with van der Waals surface area (Å²) in [7, 11) is 0. The number of aromatic nitrogens is 1. The van der Waals surface area contributed by atoms with Gasteiger partial charge in [0.15, 0.2) is 0 Å². The Labute approximate surface area is 146 Å². The van der Waals surface area contributed by atoms with E-state index in [9.17, 15) is 13.6 Å². The van der Waals surface area contributed by atoms with Crippen LogP contribution in [0.25, 0.3) is 0 Å². The van der Waals surface area contributed by atoms with Crippen LogP contribution in [-0.4, -0.2) is 42.0 Å². The first-order valence-electron chi connectivity index (χ1n) is 8.50. The number of anilines is 1. The molecule has 2 heterocycles. The highest BCUT2D eigenvalue weighted by Crippen LogP contribution is 2.21. The Kier molecular flexibility index (Phi) is 5.58. The number of nitrogens with zero attached hydrogens (tertiary/aromatic N) is 3. The molecular formula is C19H21F2N3O. The van der Waals surface area contributed by atoms with Gasteiger partial charge in [0.1, 0.15) is 11.6 Å². The molecule has 0 bridgehead atoms. The highest BCUT2D eigenvalue weighted by atomic mass is 19.1. The van der Waals surface area contributed by atoms with E-state index in [-0.39, 0.29) is 5.91 Å². The largest absolute Gasteiger partial charge is 0.366 e. The van der Waals surface area contributed by atoms with Gasteiger partial charge in [-0.25, -0.2) is 8.78 Å². The summed E-state index contributed by atoms with van der Waals surface area (Å²) in [6.45, 7) is 2.23. The average Bonchev–Trinajstić information content (AvgIpc) is 2.63. The molecule has 3 rings (SSSR count). The number of piperazine rings is 1. The van der Waals surface area contributed by atoms with Crippen molar-refractivity contribution in [2.45, 2.75) is 19.3 Å². The smallest absolute Gasteiger partial charge is 0.222 e. The summed E-state index contributed by atoms with van der Waals surface area (Å²) in [4.78, 5) is 20.0. The minimum absolute atomic E-state index is 0.133. The highest BCUT2D eigenvalue weighted by Gasteiger charge is 2.22. The molecule has 0 N–H and O–H groups in total. The van der Waals surface area contributed by atoms with Crippen molar-refractivity contribution in [3.63, 3.8) is 0 Å². The standard InChI is InChI=1S/C19H21F2N3O/c20-16-4-5-18(17(21)14-16)23-10-12-24(13-11-23)19(25)3-1-2-15-6-8-22-9-7-15/h4-9,14H,1-3,10-13H2. The Morgan fingerprint density at radius 1 is 1.04 bits per heavy atom. The van der Waals surface area contributed by atoms with Crippen LogP contribution in [0.4, 0.5) is 14.5 Å². The molecule has 4 nitrogen and oxygen atoms in total. The second-order valence-electron chi connectivity index (χ2n) is 6.17. The molecule has 1 aliphatic rings. The van der Waals surface area contributed by atoms with Crippen LogP contribution in [0.1, 0.15) is 18.4 Å². The van der Waals surface area contributed by atoms with Gasteiger partial charge in [-0.05, 0) is 42.7 Å². The normalized spacial score (nSPS) is 14.6. The first kappa shape index (κ1) is 17.3. The Balaban J connectivity index is 1.46. The van der Waals surface area contributed by atoms with Crippen LogP contribution in [0.15, 0.2) is 42.7 Å². The van der Waals surface area contributed by atoms with E-state index in [0.29, 0.717) is 38.3 Å². The summed E-state index contributed by atoms with van der Waals surface area (Å²) in [5, 5.41) is 0. The molecule has 1 aliphatic heterocycles. The quantitative estimate of drug-likeness (QED) is 0.836. The summed E-state index contributed by atoms with van der Waals surface area (Å²) in [5.41, 5.74) is 1.57. The van der Waals surface area contributed by atoms with Gasteiger partial charge in [0, 0.05) is 51.1 Å². The maximum absolute atomic E-state index is 13.9. The minimum atomic E-state index is -0.579. The van der Waals surface area contributed by atoms with Crippen LogP contribution in [0, 0.1) is 11.6 Å². The number of aryl methyl sites for hydroxylation is 1. The lowest BCUT2D eigenvalue weighted by atomic mass is 10.1. The number of hydrogen-bond donors (Lipinski definition) is 0. The molecule has 6 heteroatoms. The Morgan fingerprint density at radius 3 is 2.44 bits per heavy atom. The van der Waals surface area contributed by atoms with E-state index < -0.39 is 11.6 Å². The summed E-state index contributed by atoms with van der Waals surface area (Å²) in [6.07, 6.45) is 5.67. The third-order valence-electron chi connectivity index (χ3n) is 4.49. The number of halogens is 2. The van der Waals surface area contributed by atoms with Crippen molar-refractivity contribution in [2.24, 2.45) is 0 Å². The number of hydrogen-bond acceptors (Lipinski definition) is 3. The van der Waals surface area contributed by atoms with E-state index in [1.165, 1.54) is 17.7 Å². The van der Waals surface area contributed by atoms with Gasteiger partial charge in [-0.3, -0.25) is 9.78 Å². The van der Waals surface area contributed by atoms with Crippen LogP contribution in [0.3, 0.4) is 0 Å². The Morgan fingerprint density at radius 2 is 1.76 bits per heavy atom. The average molecular weight is 345 g/mol. The lowest BCUT2D eigenvalue weighted by Crippen LogP contribution is -2.49. The topological polar surface area (TPSA) is 36.4 Å². The van der Waals surface area contributed by atoms with E-state index in [2.05, 4.69) is 4.98 Å². The molecule has 25 heavy (non-hydrogen) atoms. The molecule has 0 unspecified atom stereocenters. The molecule has 0 saturated carbocycles. The zero-order chi connectivity index (χ0) is 17.6. The summed E-state index contributed by atoms with van der Waals surface area (Å²) in [6, 6.07) is 7.53. The summed E-state index contributed by atoms with van der Waals surface area (Å²) >= 11 is 0.